The highest BCUT2D eigenvalue weighted by Crippen LogP contribution is 2.32. The summed E-state index contributed by atoms with van der Waals surface area (Å²) >= 11 is 0. The van der Waals surface area contributed by atoms with E-state index in [9.17, 15) is 14.7 Å². The van der Waals surface area contributed by atoms with Crippen LogP contribution in [0.15, 0.2) is 24.3 Å². The number of amides is 1. The molecule has 2 N–H and O–H groups in total. The minimum Gasteiger partial charge on any atom is -0.480 e. The van der Waals surface area contributed by atoms with E-state index in [1.54, 1.807) is 6.07 Å². The quantitative estimate of drug-likeness (QED) is 0.843. The molecule has 21 heavy (non-hydrogen) atoms. The first kappa shape index (κ1) is 14.0. The number of aliphatic carboxylic acids is 1. The molecular formula is C15H18N2O4. The lowest BCUT2D eigenvalue weighted by Crippen LogP contribution is -2.48. The lowest BCUT2D eigenvalue weighted by Gasteiger charge is -2.27. The van der Waals surface area contributed by atoms with Gasteiger partial charge >= 0.3 is 5.97 Å². The summed E-state index contributed by atoms with van der Waals surface area (Å²) in [6.07, 6.45) is 0.615. The number of nitrogens with zero attached hydrogens (tertiary/aromatic N) is 1. The van der Waals surface area contributed by atoms with Gasteiger partial charge in [-0.05, 0) is 11.6 Å². The zero-order valence-corrected chi connectivity index (χ0v) is 11.6. The van der Waals surface area contributed by atoms with Crippen molar-refractivity contribution in [1.29, 1.82) is 0 Å². The fourth-order valence-electron chi connectivity index (χ4n) is 2.95. The number of ether oxygens (including phenoxy) is 1. The lowest BCUT2D eigenvalue weighted by molar-refractivity contribution is -0.140. The van der Waals surface area contributed by atoms with Gasteiger partial charge in [-0.25, -0.2) is 4.79 Å². The Labute approximate surface area is 122 Å². The molecule has 0 saturated carbocycles. The Hall–Kier alpha value is -1.92. The van der Waals surface area contributed by atoms with Crippen LogP contribution in [0.2, 0.25) is 0 Å². The van der Waals surface area contributed by atoms with Crippen molar-refractivity contribution >= 4 is 17.6 Å². The molecule has 0 spiro atoms. The molecule has 6 nitrogen and oxygen atoms in total. The van der Waals surface area contributed by atoms with Crippen LogP contribution in [-0.4, -0.2) is 48.8 Å². The molecule has 1 aromatic rings. The number of rotatable bonds is 3. The van der Waals surface area contributed by atoms with Crippen molar-refractivity contribution in [2.75, 3.05) is 24.7 Å². The number of para-hydroxylation sites is 1. The minimum atomic E-state index is -0.965. The number of nitrogens with one attached hydrogen (secondary N) is 1. The number of hydrogen-bond acceptors (Lipinski definition) is 4. The average molecular weight is 290 g/mol. The van der Waals surface area contributed by atoms with Crippen LogP contribution in [0.1, 0.15) is 12.0 Å². The van der Waals surface area contributed by atoms with Crippen LogP contribution < -0.4 is 10.2 Å². The summed E-state index contributed by atoms with van der Waals surface area (Å²) in [6.45, 7) is 1.85. The molecule has 2 aliphatic heterocycles. The molecule has 1 amide bonds. The first-order valence-electron chi connectivity index (χ1n) is 7.10. The average Bonchev–Trinajstić information content (AvgIpc) is 2.88. The van der Waals surface area contributed by atoms with Gasteiger partial charge in [0.2, 0.25) is 5.91 Å². The van der Waals surface area contributed by atoms with Crippen LogP contribution in [0.25, 0.3) is 0 Å². The standard InChI is InChI=1S/C15H18N2O4/c18-14(8-11-9-21-6-5-16-11)17-12-4-2-1-3-10(12)7-13(17)15(19)20/h1-4,11,13,16H,5-9H2,(H,19,20)/t11?,13-/m0/s1. The smallest absolute Gasteiger partial charge is 0.327 e. The fourth-order valence-corrected chi connectivity index (χ4v) is 2.95. The van der Waals surface area contributed by atoms with Crippen molar-refractivity contribution in [2.45, 2.75) is 24.9 Å². The molecule has 1 unspecified atom stereocenters. The Morgan fingerprint density at radius 3 is 2.90 bits per heavy atom. The van der Waals surface area contributed by atoms with Gasteiger partial charge in [0.15, 0.2) is 0 Å². The van der Waals surface area contributed by atoms with Crippen LogP contribution >= 0.6 is 0 Å². The summed E-state index contributed by atoms with van der Waals surface area (Å²) in [5.41, 5.74) is 1.62. The van der Waals surface area contributed by atoms with Crippen LogP contribution in [-0.2, 0) is 20.7 Å². The van der Waals surface area contributed by atoms with E-state index >= 15 is 0 Å². The van der Waals surface area contributed by atoms with E-state index in [1.165, 1.54) is 4.90 Å². The second kappa shape index (κ2) is 5.83. The predicted octanol–water partition coefficient (Wildman–Crippen LogP) is 0.407. The van der Waals surface area contributed by atoms with Crippen molar-refractivity contribution in [1.82, 2.24) is 5.32 Å². The zero-order chi connectivity index (χ0) is 14.8. The lowest BCUT2D eigenvalue weighted by atomic mass is 10.1. The molecule has 2 aliphatic rings. The maximum atomic E-state index is 12.6. The number of anilines is 1. The molecule has 3 rings (SSSR count). The van der Waals surface area contributed by atoms with Gasteiger partial charge < -0.3 is 15.2 Å². The van der Waals surface area contributed by atoms with Gasteiger partial charge in [0, 0.05) is 31.1 Å². The highest BCUT2D eigenvalue weighted by molar-refractivity contribution is 6.02. The molecule has 1 fully saturated rings. The number of morpholine rings is 1. The minimum absolute atomic E-state index is 0.0477. The maximum Gasteiger partial charge on any atom is 0.327 e. The van der Waals surface area contributed by atoms with Crippen molar-refractivity contribution < 1.29 is 19.4 Å². The SMILES string of the molecule is O=C(O)[C@@H]1Cc2ccccc2N1C(=O)CC1COCCN1. The number of benzene rings is 1. The summed E-state index contributed by atoms with van der Waals surface area (Å²) < 4.78 is 5.34. The second-order valence-corrected chi connectivity index (χ2v) is 5.38. The second-order valence-electron chi connectivity index (χ2n) is 5.38. The monoisotopic (exact) mass is 290 g/mol. The first-order valence-corrected chi connectivity index (χ1v) is 7.10. The molecule has 2 heterocycles. The van der Waals surface area contributed by atoms with Crippen LogP contribution in [0.5, 0.6) is 0 Å². The van der Waals surface area contributed by atoms with Gasteiger partial charge in [-0.3, -0.25) is 9.69 Å². The largest absolute Gasteiger partial charge is 0.480 e. The predicted molar refractivity (Wildman–Crippen MR) is 76.3 cm³/mol. The van der Waals surface area contributed by atoms with E-state index in [1.807, 2.05) is 18.2 Å². The van der Waals surface area contributed by atoms with Crippen molar-refractivity contribution in [2.24, 2.45) is 0 Å². The fraction of sp³-hybridized carbons (Fsp3) is 0.467. The van der Waals surface area contributed by atoms with E-state index in [4.69, 9.17) is 4.74 Å². The Bertz CT molecular complexity index is 554. The van der Waals surface area contributed by atoms with Gasteiger partial charge in [-0.1, -0.05) is 18.2 Å². The van der Waals surface area contributed by atoms with Gasteiger partial charge in [0.05, 0.1) is 13.2 Å². The molecule has 1 aromatic carbocycles. The Balaban J connectivity index is 1.80. The summed E-state index contributed by atoms with van der Waals surface area (Å²) in [4.78, 5) is 25.4. The van der Waals surface area contributed by atoms with Crippen LogP contribution in [0.4, 0.5) is 5.69 Å². The van der Waals surface area contributed by atoms with Gasteiger partial charge in [-0.2, -0.15) is 0 Å². The van der Waals surface area contributed by atoms with Crippen LogP contribution in [0, 0.1) is 0 Å². The molecule has 0 aromatic heterocycles. The topological polar surface area (TPSA) is 78.9 Å². The van der Waals surface area contributed by atoms with E-state index in [0.717, 1.165) is 12.1 Å². The number of hydrogen-bond donors (Lipinski definition) is 2. The highest BCUT2D eigenvalue weighted by Gasteiger charge is 2.38. The Morgan fingerprint density at radius 2 is 2.19 bits per heavy atom. The van der Waals surface area contributed by atoms with E-state index in [0.29, 0.717) is 25.3 Å². The van der Waals surface area contributed by atoms with Gasteiger partial charge in [-0.15, -0.1) is 0 Å². The summed E-state index contributed by atoms with van der Waals surface area (Å²) in [7, 11) is 0. The summed E-state index contributed by atoms with van der Waals surface area (Å²) in [5.74, 6) is -1.14. The van der Waals surface area contributed by atoms with Crippen molar-refractivity contribution in [3.8, 4) is 0 Å². The molecule has 0 aliphatic carbocycles. The molecule has 1 saturated heterocycles. The highest BCUT2D eigenvalue weighted by atomic mass is 16.5. The zero-order valence-electron chi connectivity index (χ0n) is 11.6. The van der Waals surface area contributed by atoms with Crippen molar-refractivity contribution in [3.05, 3.63) is 29.8 Å². The van der Waals surface area contributed by atoms with Crippen molar-refractivity contribution in [3.63, 3.8) is 0 Å². The Morgan fingerprint density at radius 1 is 1.38 bits per heavy atom. The third-order valence-corrected chi connectivity index (χ3v) is 3.95. The number of fused-ring (bicyclic) bond motifs is 1. The number of carbonyl (C=O) groups excluding carboxylic acids is 1. The van der Waals surface area contributed by atoms with Gasteiger partial charge in [0.1, 0.15) is 6.04 Å². The van der Waals surface area contributed by atoms with E-state index in [-0.39, 0.29) is 18.4 Å². The molecule has 0 bridgehead atoms. The maximum absolute atomic E-state index is 12.6. The molecule has 112 valence electrons. The number of carboxylic acids is 1. The van der Waals surface area contributed by atoms with Gasteiger partial charge in [0.25, 0.3) is 0 Å². The van der Waals surface area contributed by atoms with E-state index in [2.05, 4.69) is 5.32 Å². The molecular weight excluding hydrogens is 272 g/mol. The molecule has 6 heteroatoms. The third-order valence-electron chi connectivity index (χ3n) is 3.95. The van der Waals surface area contributed by atoms with Crippen LogP contribution in [0.3, 0.4) is 0 Å². The first-order chi connectivity index (χ1) is 10.2. The number of carbonyl (C=O) groups is 2. The summed E-state index contributed by atoms with van der Waals surface area (Å²) in [6, 6.07) is 6.52. The molecule has 2 atom stereocenters. The third kappa shape index (κ3) is 2.77. The Kier molecular flexibility index (Phi) is 3.90. The normalized spacial score (nSPS) is 24.7. The number of carboxylic acid groups (broad SMARTS) is 1. The van der Waals surface area contributed by atoms with E-state index < -0.39 is 12.0 Å². The summed E-state index contributed by atoms with van der Waals surface area (Å²) in [5, 5.41) is 12.6. The molecule has 0 radical (unpaired) electrons.